The summed E-state index contributed by atoms with van der Waals surface area (Å²) in [6.45, 7) is 9.91. The van der Waals surface area contributed by atoms with Crippen LogP contribution in [-0.2, 0) is 30.5 Å². The van der Waals surface area contributed by atoms with E-state index >= 15 is 0 Å². The average molecular weight is 715 g/mol. The summed E-state index contributed by atoms with van der Waals surface area (Å²) in [6, 6.07) is 3.44. The number of carboxylic acids is 1. The van der Waals surface area contributed by atoms with Crippen molar-refractivity contribution in [3.05, 3.63) is 36.0 Å². The molecular weight excluding hydrogens is 656 g/mol. The van der Waals surface area contributed by atoms with Crippen molar-refractivity contribution in [3.63, 3.8) is 0 Å². The Morgan fingerprint density at radius 3 is 2.32 bits per heavy atom. The van der Waals surface area contributed by atoms with Gasteiger partial charge >= 0.3 is 12.1 Å². The van der Waals surface area contributed by atoms with Gasteiger partial charge in [-0.15, -0.1) is 0 Å². The van der Waals surface area contributed by atoms with Crippen molar-refractivity contribution in [2.24, 2.45) is 16.9 Å². The molecule has 1 saturated heterocycles. The minimum absolute atomic E-state index is 0.00980. The highest BCUT2D eigenvalue weighted by Gasteiger charge is 2.42. The lowest BCUT2D eigenvalue weighted by Crippen LogP contribution is -2.53. The number of hydrogen-bond donors (Lipinski definition) is 9. The van der Waals surface area contributed by atoms with Crippen molar-refractivity contribution in [3.8, 4) is 5.75 Å². The first-order chi connectivity index (χ1) is 23.5. The van der Waals surface area contributed by atoms with Gasteiger partial charge in [-0.05, 0) is 48.6 Å². The highest BCUT2D eigenvalue weighted by atomic mass is 16.7. The Kier molecular flexibility index (Phi) is 23.1. The summed E-state index contributed by atoms with van der Waals surface area (Å²) in [5, 5.41) is 52.5. The van der Waals surface area contributed by atoms with Gasteiger partial charge in [0.25, 0.3) is 0 Å². The van der Waals surface area contributed by atoms with Crippen molar-refractivity contribution in [2.45, 2.75) is 123 Å². The van der Waals surface area contributed by atoms with E-state index in [0.717, 1.165) is 19.3 Å². The number of carbonyl (C=O) groups excluding carboxylic acids is 2. The summed E-state index contributed by atoms with van der Waals surface area (Å²) in [5.41, 5.74) is 11.1. The number of hydrogen-bond acceptors (Lipinski definition) is 12. The van der Waals surface area contributed by atoms with E-state index in [0.29, 0.717) is 18.4 Å². The predicted molar refractivity (Wildman–Crippen MR) is 186 cm³/mol. The Morgan fingerprint density at radius 1 is 1.12 bits per heavy atom. The molecule has 50 heavy (non-hydrogen) atoms. The Bertz CT molecular complexity index is 1200. The molecule has 1 aliphatic rings. The summed E-state index contributed by atoms with van der Waals surface area (Å²) >= 11 is 0. The van der Waals surface area contributed by atoms with E-state index in [-0.39, 0.29) is 49.5 Å². The van der Waals surface area contributed by atoms with Crippen molar-refractivity contribution >= 4 is 29.6 Å². The SMILES string of the molecule is CC(C)(CO)CCCCC(N)C(=O)NCCC(=O)Nc1cc(COC(=O)O)ccc1OC1CC(O)C(O)C(C(=O)O)O1.CC/C=C\N.CCC. The number of aliphatic hydroxyl groups excluding tert-OH is 3. The highest BCUT2D eigenvalue weighted by molar-refractivity contribution is 5.93. The zero-order valence-electron chi connectivity index (χ0n) is 29.8. The summed E-state index contributed by atoms with van der Waals surface area (Å²) in [6.07, 6.45) is 0.413. The van der Waals surface area contributed by atoms with Crippen LogP contribution in [0.1, 0.15) is 91.5 Å². The van der Waals surface area contributed by atoms with Crippen LogP contribution in [0.25, 0.3) is 0 Å². The van der Waals surface area contributed by atoms with Gasteiger partial charge in [0.2, 0.25) is 18.1 Å². The van der Waals surface area contributed by atoms with Gasteiger partial charge in [-0.1, -0.05) is 66.0 Å². The summed E-state index contributed by atoms with van der Waals surface area (Å²) < 4.78 is 15.5. The molecule has 286 valence electrons. The van der Waals surface area contributed by atoms with Gasteiger partial charge < -0.3 is 61.8 Å². The van der Waals surface area contributed by atoms with E-state index in [1.54, 1.807) is 6.20 Å². The lowest BCUT2D eigenvalue weighted by Gasteiger charge is -2.35. The predicted octanol–water partition coefficient (Wildman–Crippen LogP) is 2.82. The highest BCUT2D eigenvalue weighted by Crippen LogP contribution is 2.31. The number of benzene rings is 1. The Hall–Kier alpha value is -3.96. The smallest absolute Gasteiger partial charge is 0.479 e. The maximum atomic E-state index is 12.7. The molecule has 1 aromatic rings. The standard InChI is InChI=1S/C27H41N3O12.C4H9N.C3H8/c1-27(2,14-31)9-4-3-5-16(28)24(35)29-10-8-20(33)30-17-11-15(13-40-26(38)39)6-7-19(17)41-21-12-18(32)22(34)23(42-21)25(36)37;1-2-3-4-5;1-3-2/h6-7,11,16,18,21-23,31-32,34H,3-5,8-10,12-14,28H2,1-2H3,(H,29,35)(H,30,33)(H,36,37)(H,38,39);3-4H,2,5H2,1H3;3H2,1-2H3/b;4-3-;. The first-order valence-electron chi connectivity index (χ1n) is 16.8. The molecule has 16 nitrogen and oxygen atoms in total. The second kappa shape index (κ2) is 25.1. The molecule has 1 heterocycles. The van der Waals surface area contributed by atoms with E-state index in [1.165, 1.54) is 24.6 Å². The molecule has 1 aromatic carbocycles. The van der Waals surface area contributed by atoms with Gasteiger partial charge in [-0.25, -0.2) is 9.59 Å². The van der Waals surface area contributed by atoms with E-state index < -0.39 is 54.6 Å². The number of carbonyl (C=O) groups is 4. The number of allylic oxidation sites excluding steroid dienone is 1. The first-order valence-corrected chi connectivity index (χ1v) is 16.8. The Labute approximate surface area is 294 Å². The minimum atomic E-state index is -1.75. The minimum Gasteiger partial charge on any atom is -0.479 e. The van der Waals surface area contributed by atoms with Gasteiger partial charge in [0.1, 0.15) is 18.5 Å². The molecule has 0 spiro atoms. The van der Waals surface area contributed by atoms with Crippen LogP contribution in [0, 0.1) is 5.41 Å². The zero-order valence-corrected chi connectivity index (χ0v) is 29.8. The molecule has 0 bridgehead atoms. The van der Waals surface area contributed by atoms with Gasteiger partial charge in [0.05, 0.1) is 17.8 Å². The van der Waals surface area contributed by atoms with Gasteiger partial charge in [0.15, 0.2) is 6.10 Å². The molecule has 0 radical (unpaired) electrons. The largest absolute Gasteiger partial charge is 0.506 e. The first kappa shape index (κ1) is 46.0. The van der Waals surface area contributed by atoms with Gasteiger partial charge in [0, 0.05) is 26.0 Å². The molecule has 2 amide bonds. The number of ether oxygens (including phenoxy) is 3. The Balaban J connectivity index is 0.00000270. The number of nitrogens with two attached hydrogens (primary N) is 2. The van der Waals surface area contributed by atoms with Crippen LogP contribution >= 0.6 is 0 Å². The maximum Gasteiger partial charge on any atom is 0.506 e. The molecule has 16 heteroatoms. The third kappa shape index (κ3) is 19.3. The van der Waals surface area contributed by atoms with Crippen LogP contribution in [0.5, 0.6) is 5.75 Å². The van der Waals surface area contributed by atoms with Crippen LogP contribution in [0.2, 0.25) is 0 Å². The molecule has 0 saturated carbocycles. The van der Waals surface area contributed by atoms with Gasteiger partial charge in [-0.2, -0.15) is 0 Å². The molecule has 5 atom stereocenters. The number of anilines is 1. The number of unbranched alkanes of at least 4 members (excludes halogenated alkanes) is 1. The topological polar surface area (TPSA) is 273 Å². The normalized spacial score (nSPS) is 19.1. The van der Waals surface area contributed by atoms with E-state index in [2.05, 4.69) is 29.2 Å². The molecule has 0 aliphatic carbocycles. The second-order valence-electron chi connectivity index (χ2n) is 12.4. The van der Waals surface area contributed by atoms with Crippen molar-refractivity contribution in [1.82, 2.24) is 5.32 Å². The molecular formula is C34H58N4O12. The van der Waals surface area contributed by atoms with Crippen molar-refractivity contribution in [1.29, 1.82) is 0 Å². The van der Waals surface area contributed by atoms with E-state index in [1.807, 2.05) is 26.8 Å². The van der Waals surface area contributed by atoms with E-state index in [9.17, 15) is 39.6 Å². The van der Waals surface area contributed by atoms with Crippen molar-refractivity contribution < 1.29 is 58.9 Å². The van der Waals surface area contributed by atoms with E-state index in [4.69, 9.17) is 26.0 Å². The molecule has 1 aliphatic heterocycles. The van der Waals surface area contributed by atoms with Crippen LogP contribution in [0.15, 0.2) is 30.5 Å². The fraction of sp³-hybridized carbons (Fsp3) is 0.647. The quantitative estimate of drug-likeness (QED) is 0.0829. The number of aliphatic carboxylic acids is 1. The number of aliphatic hydroxyl groups is 3. The van der Waals surface area contributed by atoms with Crippen LogP contribution < -0.4 is 26.8 Å². The lowest BCUT2D eigenvalue weighted by atomic mass is 9.87. The fourth-order valence-electron chi connectivity index (χ4n) is 4.23. The number of amides is 2. The number of carboxylic acid groups (broad SMARTS) is 2. The van der Waals surface area contributed by atoms with Crippen molar-refractivity contribution in [2.75, 3.05) is 18.5 Å². The maximum absolute atomic E-state index is 12.7. The molecule has 2 rings (SSSR count). The fourth-order valence-corrected chi connectivity index (χ4v) is 4.23. The molecule has 11 N–H and O–H groups in total. The third-order valence-electron chi connectivity index (χ3n) is 7.03. The number of rotatable bonds is 17. The zero-order chi connectivity index (χ0) is 38.3. The number of nitrogens with one attached hydrogen (secondary N) is 2. The van der Waals surface area contributed by atoms with Crippen LogP contribution in [-0.4, -0.2) is 93.3 Å². The summed E-state index contributed by atoms with van der Waals surface area (Å²) in [5.74, 6) is -2.45. The summed E-state index contributed by atoms with van der Waals surface area (Å²) in [4.78, 5) is 47.2. The van der Waals surface area contributed by atoms with Crippen LogP contribution in [0.4, 0.5) is 10.5 Å². The molecule has 1 fully saturated rings. The average Bonchev–Trinajstić information content (AvgIpc) is 3.05. The summed E-state index contributed by atoms with van der Waals surface area (Å²) in [7, 11) is 0. The van der Waals surface area contributed by atoms with Crippen LogP contribution in [0.3, 0.4) is 0 Å². The Morgan fingerprint density at radius 2 is 1.78 bits per heavy atom. The second-order valence-corrected chi connectivity index (χ2v) is 12.4. The van der Waals surface area contributed by atoms with Gasteiger partial charge in [-0.3, -0.25) is 9.59 Å². The lowest BCUT2D eigenvalue weighted by molar-refractivity contribution is -0.228. The monoisotopic (exact) mass is 714 g/mol. The molecule has 5 unspecified atom stereocenters. The molecule has 0 aromatic heterocycles. The third-order valence-corrected chi connectivity index (χ3v) is 7.03.